The summed E-state index contributed by atoms with van der Waals surface area (Å²) >= 11 is 11.9. The van der Waals surface area contributed by atoms with Crippen molar-refractivity contribution in [1.29, 1.82) is 0 Å². The van der Waals surface area contributed by atoms with Crippen molar-refractivity contribution in [1.82, 2.24) is 0 Å². The predicted molar refractivity (Wildman–Crippen MR) is 56.5 cm³/mol. The van der Waals surface area contributed by atoms with E-state index in [1.54, 1.807) is 18.2 Å². The molecule has 1 atom stereocenters. The summed E-state index contributed by atoms with van der Waals surface area (Å²) in [5, 5.41) is 10.7. The number of benzene rings is 1. The summed E-state index contributed by atoms with van der Waals surface area (Å²) in [6.07, 6.45) is 0.869. The van der Waals surface area contributed by atoms with Gasteiger partial charge in [0.2, 0.25) is 0 Å². The number of aliphatic hydroxyl groups excluding tert-OH is 1. The Labute approximate surface area is 88.3 Å². The zero-order chi connectivity index (χ0) is 9.84. The molecule has 0 aliphatic carbocycles. The van der Waals surface area contributed by atoms with Crippen LogP contribution in [0.25, 0.3) is 0 Å². The molecule has 0 unspecified atom stereocenters. The van der Waals surface area contributed by atoms with Gasteiger partial charge < -0.3 is 5.11 Å². The van der Waals surface area contributed by atoms with Crippen molar-refractivity contribution < 1.29 is 5.11 Å². The van der Waals surface area contributed by atoms with Crippen molar-refractivity contribution >= 4 is 23.2 Å². The first-order valence-electron chi connectivity index (χ1n) is 4.26. The SMILES string of the molecule is CC[C@@H](O)Cc1c(Cl)cccc1Cl. The predicted octanol–water partition coefficient (Wildman–Crippen LogP) is 3.31. The lowest BCUT2D eigenvalue weighted by Crippen LogP contribution is -2.09. The minimum Gasteiger partial charge on any atom is -0.393 e. The van der Waals surface area contributed by atoms with Gasteiger partial charge in [0.1, 0.15) is 0 Å². The van der Waals surface area contributed by atoms with Crippen LogP contribution in [0.1, 0.15) is 18.9 Å². The van der Waals surface area contributed by atoms with E-state index in [0.29, 0.717) is 22.9 Å². The second-order valence-corrected chi connectivity index (χ2v) is 3.78. The molecule has 0 aromatic heterocycles. The highest BCUT2D eigenvalue weighted by Crippen LogP contribution is 2.25. The molecule has 0 saturated carbocycles. The third-order valence-electron chi connectivity index (χ3n) is 1.97. The smallest absolute Gasteiger partial charge is 0.0579 e. The Morgan fingerprint density at radius 1 is 1.31 bits per heavy atom. The van der Waals surface area contributed by atoms with Gasteiger partial charge in [-0.05, 0) is 24.1 Å². The fourth-order valence-electron chi connectivity index (χ4n) is 1.11. The Morgan fingerprint density at radius 2 is 1.85 bits per heavy atom. The standard InChI is InChI=1S/C10H12Cl2O/c1-2-7(13)6-8-9(11)4-3-5-10(8)12/h3-5,7,13H,2,6H2,1H3/t7-/m1/s1. The molecule has 0 saturated heterocycles. The summed E-state index contributed by atoms with van der Waals surface area (Å²) in [6.45, 7) is 1.93. The summed E-state index contributed by atoms with van der Waals surface area (Å²) in [7, 11) is 0. The molecule has 0 aliphatic heterocycles. The van der Waals surface area contributed by atoms with Crippen LogP contribution in [-0.4, -0.2) is 11.2 Å². The van der Waals surface area contributed by atoms with Gasteiger partial charge in [0.15, 0.2) is 0 Å². The molecule has 3 heteroatoms. The number of hydrogen-bond donors (Lipinski definition) is 1. The molecule has 0 aliphatic rings. The van der Waals surface area contributed by atoms with Crippen LogP contribution in [0, 0.1) is 0 Å². The lowest BCUT2D eigenvalue weighted by atomic mass is 10.1. The summed E-state index contributed by atoms with van der Waals surface area (Å²) in [5.41, 5.74) is 0.834. The molecule has 0 spiro atoms. The van der Waals surface area contributed by atoms with E-state index in [1.807, 2.05) is 6.92 Å². The van der Waals surface area contributed by atoms with Crippen molar-refractivity contribution in [3.05, 3.63) is 33.8 Å². The molecule has 1 nitrogen and oxygen atoms in total. The third-order valence-corrected chi connectivity index (χ3v) is 2.68. The number of hydrogen-bond acceptors (Lipinski definition) is 1. The van der Waals surface area contributed by atoms with Crippen LogP contribution in [0.15, 0.2) is 18.2 Å². The fraction of sp³-hybridized carbons (Fsp3) is 0.400. The van der Waals surface area contributed by atoms with Crippen LogP contribution >= 0.6 is 23.2 Å². The van der Waals surface area contributed by atoms with E-state index in [0.717, 1.165) is 5.56 Å². The van der Waals surface area contributed by atoms with E-state index in [9.17, 15) is 5.11 Å². The second-order valence-electron chi connectivity index (χ2n) is 2.97. The van der Waals surface area contributed by atoms with E-state index in [1.165, 1.54) is 0 Å². The van der Waals surface area contributed by atoms with Crippen LogP contribution in [0.5, 0.6) is 0 Å². The Hall–Kier alpha value is -0.240. The molecule has 0 heterocycles. The van der Waals surface area contributed by atoms with E-state index >= 15 is 0 Å². The first-order chi connectivity index (χ1) is 6.15. The van der Waals surface area contributed by atoms with Gasteiger partial charge in [0.25, 0.3) is 0 Å². The Morgan fingerprint density at radius 3 is 2.31 bits per heavy atom. The minimum absolute atomic E-state index is 0.364. The lowest BCUT2D eigenvalue weighted by molar-refractivity contribution is 0.171. The van der Waals surface area contributed by atoms with Gasteiger partial charge in [0, 0.05) is 16.5 Å². The zero-order valence-electron chi connectivity index (χ0n) is 7.43. The van der Waals surface area contributed by atoms with Crippen LogP contribution in [0.4, 0.5) is 0 Å². The van der Waals surface area contributed by atoms with Crippen LogP contribution in [0.3, 0.4) is 0 Å². The molecule has 13 heavy (non-hydrogen) atoms. The molecule has 0 radical (unpaired) electrons. The monoisotopic (exact) mass is 218 g/mol. The number of halogens is 2. The third kappa shape index (κ3) is 2.87. The zero-order valence-corrected chi connectivity index (χ0v) is 8.94. The maximum atomic E-state index is 9.44. The van der Waals surface area contributed by atoms with Crippen molar-refractivity contribution in [2.24, 2.45) is 0 Å². The topological polar surface area (TPSA) is 20.2 Å². The van der Waals surface area contributed by atoms with Gasteiger partial charge in [-0.15, -0.1) is 0 Å². The Balaban J connectivity index is 2.87. The second kappa shape index (κ2) is 4.85. The summed E-state index contributed by atoms with van der Waals surface area (Å²) < 4.78 is 0. The fourth-order valence-corrected chi connectivity index (χ4v) is 1.66. The molecule has 0 bridgehead atoms. The van der Waals surface area contributed by atoms with E-state index in [4.69, 9.17) is 23.2 Å². The maximum Gasteiger partial charge on any atom is 0.0579 e. The van der Waals surface area contributed by atoms with Crippen LogP contribution < -0.4 is 0 Å². The summed E-state index contributed by atoms with van der Waals surface area (Å²) in [5.74, 6) is 0. The van der Waals surface area contributed by atoms with Gasteiger partial charge in [0.05, 0.1) is 6.10 Å². The first kappa shape index (κ1) is 10.8. The highest BCUT2D eigenvalue weighted by molar-refractivity contribution is 6.35. The molecule has 1 aromatic rings. The molecule has 0 fully saturated rings. The van der Waals surface area contributed by atoms with Crippen molar-refractivity contribution in [3.8, 4) is 0 Å². The summed E-state index contributed by atoms with van der Waals surface area (Å²) in [4.78, 5) is 0. The van der Waals surface area contributed by atoms with Gasteiger partial charge >= 0.3 is 0 Å². The molecule has 0 amide bonds. The van der Waals surface area contributed by atoms with Crippen molar-refractivity contribution in [2.45, 2.75) is 25.9 Å². The van der Waals surface area contributed by atoms with Crippen molar-refractivity contribution in [2.75, 3.05) is 0 Å². The van der Waals surface area contributed by atoms with Gasteiger partial charge in [-0.1, -0.05) is 36.2 Å². The molecular formula is C10H12Cl2O. The lowest BCUT2D eigenvalue weighted by Gasteiger charge is -2.10. The van der Waals surface area contributed by atoms with E-state index in [2.05, 4.69) is 0 Å². The average Bonchev–Trinajstić information content (AvgIpc) is 2.11. The van der Waals surface area contributed by atoms with Gasteiger partial charge in [-0.2, -0.15) is 0 Å². The van der Waals surface area contributed by atoms with Crippen LogP contribution in [-0.2, 0) is 6.42 Å². The highest BCUT2D eigenvalue weighted by atomic mass is 35.5. The van der Waals surface area contributed by atoms with Gasteiger partial charge in [-0.25, -0.2) is 0 Å². The molecule has 1 rings (SSSR count). The normalized spacial score (nSPS) is 12.9. The van der Waals surface area contributed by atoms with E-state index < -0.39 is 0 Å². The quantitative estimate of drug-likeness (QED) is 0.826. The Bertz CT molecular complexity index is 266. The average molecular weight is 219 g/mol. The number of rotatable bonds is 3. The number of aliphatic hydroxyl groups is 1. The molecular weight excluding hydrogens is 207 g/mol. The maximum absolute atomic E-state index is 9.44. The minimum atomic E-state index is -0.364. The largest absolute Gasteiger partial charge is 0.393 e. The molecule has 72 valence electrons. The van der Waals surface area contributed by atoms with Crippen LogP contribution in [0.2, 0.25) is 10.0 Å². The van der Waals surface area contributed by atoms with Crippen molar-refractivity contribution in [3.63, 3.8) is 0 Å². The van der Waals surface area contributed by atoms with E-state index in [-0.39, 0.29) is 6.10 Å². The Kier molecular flexibility index (Phi) is 4.04. The van der Waals surface area contributed by atoms with Gasteiger partial charge in [-0.3, -0.25) is 0 Å². The first-order valence-corrected chi connectivity index (χ1v) is 5.01. The molecule has 1 N–H and O–H groups in total. The highest BCUT2D eigenvalue weighted by Gasteiger charge is 2.09. The summed E-state index contributed by atoms with van der Waals surface area (Å²) in [6, 6.07) is 5.36. The molecule has 1 aromatic carbocycles.